The second kappa shape index (κ2) is 6.74. The molecular weight excluding hydrogens is 228 g/mol. The van der Waals surface area contributed by atoms with E-state index in [0.29, 0.717) is 19.3 Å². The molecule has 0 N–H and O–H groups in total. The standard InChI is InChI=1S/C15H18O3/c1-13(17)8-10-15(2,18-12-16)11-9-14-6-4-3-5-7-14/h3-7,9,11-12H,8,10H2,1-2H3/b11-9-. The molecule has 1 atom stereocenters. The van der Waals surface area contributed by atoms with Crippen molar-refractivity contribution in [2.75, 3.05) is 0 Å². The van der Waals surface area contributed by atoms with Crippen molar-refractivity contribution in [3.8, 4) is 0 Å². The van der Waals surface area contributed by atoms with Crippen LogP contribution in [0.5, 0.6) is 0 Å². The number of carbonyl (C=O) groups is 2. The monoisotopic (exact) mass is 246 g/mol. The van der Waals surface area contributed by atoms with Crippen LogP contribution >= 0.6 is 0 Å². The lowest BCUT2D eigenvalue weighted by molar-refractivity contribution is -0.139. The zero-order valence-electron chi connectivity index (χ0n) is 10.8. The number of ether oxygens (including phenoxy) is 1. The Balaban J connectivity index is 2.75. The van der Waals surface area contributed by atoms with Gasteiger partial charge >= 0.3 is 0 Å². The van der Waals surface area contributed by atoms with Crippen molar-refractivity contribution in [3.63, 3.8) is 0 Å². The summed E-state index contributed by atoms with van der Waals surface area (Å²) >= 11 is 0. The van der Waals surface area contributed by atoms with Gasteiger partial charge in [0.05, 0.1) is 0 Å². The summed E-state index contributed by atoms with van der Waals surface area (Å²) in [5.41, 5.74) is 0.296. The zero-order valence-corrected chi connectivity index (χ0v) is 10.8. The number of benzene rings is 1. The van der Waals surface area contributed by atoms with E-state index in [1.54, 1.807) is 6.92 Å². The maximum atomic E-state index is 11.0. The highest BCUT2D eigenvalue weighted by molar-refractivity contribution is 5.75. The van der Waals surface area contributed by atoms with Crippen LogP contribution < -0.4 is 0 Å². The molecule has 1 rings (SSSR count). The van der Waals surface area contributed by atoms with Gasteiger partial charge in [0.25, 0.3) is 6.47 Å². The molecule has 0 amide bonds. The molecule has 0 radical (unpaired) electrons. The van der Waals surface area contributed by atoms with E-state index in [1.807, 2.05) is 42.5 Å². The van der Waals surface area contributed by atoms with Crippen LogP contribution in [-0.2, 0) is 14.3 Å². The molecule has 0 spiro atoms. The molecule has 0 aliphatic carbocycles. The molecule has 0 heterocycles. The minimum atomic E-state index is -0.733. The van der Waals surface area contributed by atoms with Crippen molar-refractivity contribution in [2.45, 2.75) is 32.3 Å². The number of Topliss-reactive ketones (excluding diaryl/α,β-unsaturated/α-hetero) is 1. The predicted octanol–water partition coefficient (Wildman–Crippen LogP) is 3.00. The zero-order chi connectivity index (χ0) is 13.4. The fraction of sp³-hybridized carbons (Fsp3) is 0.333. The molecule has 0 aromatic heterocycles. The second-order valence-corrected chi connectivity index (χ2v) is 4.47. The van der Waals surface area contributed by atoms with Crippen molar-refractivity contribution < 1.29 is 14.3 Å². The molecule has 3 nitrogen and oxygen atoms in total. The fourth-order valence-electron chi connectivity index (χ4n) is 1.55. The Bertz CT molecular complexity index is 423. The molecule has 1 aromatic carbocycles. The number of ketones is 1. The summed E-state index contributed by atoms with van der Waals surface area (Å²) in [4.78, 5) is 21.5. The molecule has 18 heavy (non-hydrogen) atoms. The van der Waals surface area contributed by atoms with Crippen molar-refractivity contribution in [2.24, 2.45) is 0 Å². The first-order chi connectivity index (χ1) is 8.56. The first-order valence-electron chi connectivity index (χ1n) is 5.91. The van der Waals surface area contributed by atoms with Crippen LogP contribution in [0.1, 0.15) is 32.3 Å². The van der Waals surface area contributed by atoms with E-state index < -0.39 is 5.60 Å². The third-order valence-corrected chi connectivity index (χ3v) is 2.72. The fourth-order valence-corrected chi connectivity index (χ4v) is 1.55. The highest BCUT2D eigenvalue weighted by Crippen LogP contribution is 2.20. The SMILES string of the molecule is CC(=O)CCC(C)(/C=C\c1ccccc1)OC=O. The summed E-state index contributed by atoms with van der Waals surface area (Å²) in [6.45, 7) is 3.75. The van der Waals surface area contributed by atoms with Gasteiger partial charge in [-0.1, -0.05) is 36.4 Å². The van der Waals surface area contributed by atoms with Gasteiger partial charge in [-0.05, 0) is 31.9 Å². The van der Waals surface area contributed by atoms with Crippen LogP contribution in [0.4, 0.5) is 0 Å². The van der Waals surface area contributed by atoms with Crippen LogP contribution in [0.15, 0.2) is 36.4 Å². The average Bonchev–Trinajstić information content (AvgIpc) is 2.36. The van der Waals surface area contributed by atoms with E-state index in [0.717, 1.165) is 5.56 Å². The van der Waals surface area contributed by atoms with Gasteiger partial charge in [0.15, 0.2) is 0 Å². The summed E-state index contributed by atoms with van der Waals surface area (Å²) in [7, 11) is 0. The van der Waals surface area contributed by atoms with E-state index in [2.05, 4.69) is 0 Å². The summed E-state index contributed by atoms with van der Waals surface area (Å²) in [5.74, 6) is 0.0869. The topological polar surface area (TPSA) is 43.4 Å². The lowest BCUT2D eigenvalue weighted by Crippen LogP contribution is -2.26. The lowest BCUT2D eigenvalue weighted by Gasteiger charge is -2.23. The van der Waals surface area contributed by atoms with E-state index in [4.69, 9.17) is 4.74 Å². The van der Waals surface area contributed by atoms with E-state index in [9.17, 15) is 9.59 Å². The van der Waals surface area contributed by atoms with Crippen LogP contribution in [0.3, 0.4) is 0 Å². The molecule has 0 fully saturated rings. The van der Waals surface area contributed by atoms with E-state index in [-0.39, 0.29) is 5.78 Å². The highest BCUT2D eigenvalue weighted by Gasteiger charge is 2.22. The van der Waals surface area contributed by atoms with Crippen molar-refractivity contribution in [3.05, 3.63) is 42.0 Å². The normalized spacial score (nSPS) is 14.1. The third kappa shape index (κ3) is 4.95. The predicted molar refractivity (Wildman–Crippen MR) is 70.9 cm³/mol. The highest BCUT2D eigenvalue weighted by atomic mass is 16.5. The van der Waals surface area contributed by atoms with Crippen LogP contribution in [0, 0.1) is 0 Å². The number of hydrogen-bond donors (Lipinski definition) is 0. The Morgan fingerprint density at radius 1 is 1.33 bits per heavy atom. The summed E-state index contributed by atoms with van der Waals surface area (Å²) in [6, 6.07) is 9.74. The third-order valence-electron chi connectivity index (χ3n) is 2.72. The number of hydrogen-bond acceptors (Lipinski definition) is 3. The first-order valence-corrected chi connectivity index (χ1v) is 5.91. The molecule has 96 valence electrons. The Hall–Kier alpha value is -1.90. The molecule has 0 aliphatic heterocycles. The van der Waals surface area contributed by atoms with Crippen molar-refractivity contribution in [1.29, 1.82) is 0 Å². The van der Waals surface area contributed by atoms with Gasteiger partial charge in [0.1, 0.15) is 11.4 Å². The quantitative estimate of drug-likeness (QED) is 0.695. The van der Waals surface area contributed by atoms with Gasteiger partial charge in [-0.2, -0.15) is 0 Å². The molecule has 1 aromatic rings. The van der Waals surface area contributed by atoms with Gasteiger partial charge in [0, 0.05) is 6.42 Å². The Morgan fingerprint density at radius 2 is 2.00 bits per heavy atom. The summed E-state index contributed by atoms with van der Waals surface area (Å²) in [5, 5.41) is 0. The average molecular weight is 246 g/mol. The van der Waals surface area contributed by atoms with E-state index >= 15 is 0 Å². The summed E-state index contributed by atoms with van der Waals surface area (Å²) < 4.78 is 5.08. The largest absolute Gasteiger partial charge is 0.457 e. The molecule has 1 unspecified atom stereocenters. The first kappa shape index (κ1) is 14.2. The van der Waals surface area contributed by atoms with Gasteiger partial charge in [-0.15, -0.1) is 0 Å². The smallest absolute Gasteiger partial charge is 0.293 e. The van der Waals surface area contributed by atoms with Crippen LogP contribution in [-0.4, -0.2) is 17.9 Å². The molecule has 0 saturated heterocycles. The number of carbonyl (C=O) groups excluding carboxylic acids is 2. The van der Waals surface area contributed by atoms with Gasteiger partial charge in [0.2, 0.25) is 0 Å². The maximum absolute atomic E-state index is 11.0. The van der Waals surface area contributed by atoms with Crippen molar-refractivity contribution >= 4 is 18.3 Å². The Kier molecular flexibility index (Phi) is 5.31. The lowest BCUT2D eigenvalue weighted by atomic mass is 9.97. The second-order valence-electron chi connectivity index (χ2n) is 4.47. The molecule has 0 saturated carbocycles. The van der Waals surface area contributed by atoms with Gasteiger partial charge in [-0.25, -0.2) is 0 Å². The van der Waals surface area contributed by atoms with Gasteiger partial charge < -0.3 is 9.53 Å². The van der Waals surface area contributed by atoms with Gasteiger partial charge in [-0.3, -0.25) is 4.79 Å². The molecule has 0 aliphatic rings. The minimum absolute atomic E-state index is 0.0869. The van der Waals surface area contributed by atoms with E-state index in [1.165, 1.54) is 6.92 Å². The number of rotatable bonds is 7. The Labute approximate surface area is 107 Å². The Morgan fingerprint density at radius 3 is 2.56 bits per heavy atom. The molecular formula is C15H18O3. The molecule has 3 heteroatoms. The van der Waals surface area contributed by atoms with Crippen LogP contribution in [0.25, 0.3) is 6.08 Å². The van der Waals surface area contributed by atoms with Crippen molar-refractivity contribution in [1.82, 2.24) is 0 Å². The van der Waals surface area contributed by atoms with Crippen LogP contribution in [0.2, 0.25) is 0 Å². The minimum Gasteiger partial charge on any atom is -0.457 e. The molecule has 0 bridgehead atoms. The maximum Gasteiger partial charge on any atom is 0.293 e. The summed E-state index contributed by atoms with van der Waals surface area (Å²) in [6.07, 6.45) is 4.59.